The zero-order valence-corrected chi connectivity index (χ0v) is 10.9. The first-order valence-electron chi connectivity index (χ1n) is 6.31. The Labute approximate surface area is 112 Å². The fraction of sp³-hybridized carbons (Fsp3) is 0.267. The van der Waals surface area contributed by atoms with Crippen LogP contribution < -0.4 is 15.0 Å². The zero-order chi connectivity index (χ0) is 13.5. The summed E-state index contributed by atoms with van der Waals surface area (Å²) in [7, 11) is 0. The molecule has 4 heteroatoms. The molecule has 0 radical (unpaired) electrons. The van der Waals surface area contributed by atoms with Crippen LogP contribution in [0.4, 0.5) is 0 Å². The van der Waals surface area contributed by atoms with Crippen LogP contribution in [0.2, 0.25) is 0 Å². The highest BCUT2D eigenvalue weighted by Crippen LogP contribution is 2.26. The van der Waals surface area contributed by atoms with Crippen LogP contribution in [-0.2, 0) is 6.54 Å². The number of nitrogens with zero attached hydrogens (tertiary/aromatic N) is 1. The normalized spacial score (nSPS) is 10.2. The maximum atomic E-state index is 11.5. The van der Waals surface area contributed by atoms with Crippen LogP contribution in [0.15, 0.2) is 53.5 Å². The molecule has 0 amide bonds. The zero-order valence-electron chi connectivity index (χ0n) is 10.9. The van der Waals surface area contributed by atoms with Gasteiger partial charge in [-0.05, 0) is 25.1 Å². The minimum atomic E-state index is -0.0239. The summed E-state index contributed by atoms with van der Waals surface area (Å²) in [4.78, 5) is 11.5. The Bertz CT molecular complexity index is 577. The van der Waals surface area contributed by atoms with Gasteiger partial charge in [0.05, 0.1) is 13.2 Å². The van der Waals surface area contributed by atoms with Crippen LogP contribution in [0.5, 0.6) is 11.5 Å². The van der Waals surface area contributed by atoms with E-state index in [1.807, 2.05) is 37.3 Å². The molecule has 100 valence electrons. The summed E-state index contributed by atoms with van der Waals surface area (Å²) < 4.78 is 12.7. The predicted molar refractivity (Wildman–Crippen MR) is 73.8 cm³/mol. The summed E-state index contributed by atoms with van der Waals surface area (Å²) in [6.45, 7) is 3.47. The minimum absolute atomic E-state index is 0.0239. The molecule has 4 nitrogen and oxygen atoms in total. The van der Waals surface area contributed by atoms with Gasteiger partial charge in [-0.25, -0.2) is 0 Å². The van der Waals surface area contributed by atoms with Crippen LogP contribution in [0, 0.1) is 0 Å². The Morgan fingerprint density at radius 3 is 2.37 bits per heavy atom. The molecule has 1 aromatic heterocycles. The second-order valence-corrected chi connectivity index (χ2v) is 3.96. The van der Waals surface area contributed by atoms with Crippen molar-refractivity contribution in [2.75, 3.05) is 13.2 Å². The van der Waals surface area contributed by atoms with E-state index in [-0.39, 0.29) is 5.56 Å². The van der Waals surface area contributed by atoms with Crippen LogP contribution >= 0.6 is 0 Å². The molecule has 19 heavy (non-hydrogen) atoms. The average molecular weight is 259 g/mol. The van der Waals surface area contributed by atoms with E-state index >= 15 is 0 Å². The lowest BCUT2D eigenvalue weighted by Crippen LogP contribution is -2.21. The molecular formula is C15H17NO3. The molecule has 0 fully saturated rings. The van der Waals surface area contributed by atoms with Crippen molar-refractivity contribution in [2.24, 2.45) is 0 Å². The van der Waals surface area contributed by atoms with E-state index in [2.05, 4.69) is 0 Å². The third-order valence-electron chi connectivity index (χ3n) is 2.64. The topological polar surface area (TPSA) is 40.5 Å². The van der Waals surface area contributed by atoms with Crippen molar-refractivity contribution in [3.8, 4) is 11.5 Å². The molecule has 0 atom stereocenters. The summed E-state index contributed by atoms with van der Waals surface area (Å²) in [5.74, 6) is 1.43. The van der Waals surface area contributed by atoms with Crippen molar-refractivity contribution in [1.29, 1.82) is 0 Å². The first-order chi connectivity index (χ1) is 9.31. The molecule has 0 aliphatic rings. The number of hydrogen-bond acceptors (Lipinski definition) is 3. The lowest BCUT2D eigenvalue weighted by Gasteiger charge is -2.12. The van der Waals surface area contributed by atoms with Crippen molar-refractivity contribution in [3.63, 3.8) is 0 Å². The van der Waals surface area contributed by atoms with Gasteiger partial charge in [-0.3, -0.25) is 4.79 Å². The highest BCUT2D eigenvalue weighted by molar-refractivity contribution is 5.39. The number of hydrogen-bond donors (Lipinski definition) is 0. The molecule has 1 aromatic carbocycles. The minimum Gasteiger partial charge on any atom is -0.490 e. The first kappa shape index (κ1) is 13.2. The predicted octanol–water partition coefficient (Wildman–Crippen LogP) is 2.33. The van der Waals surface area contributed by atoms with Crippen molar-refractivity contribution in [1.82, 2.24) is 4.57 Å². The molecule has 0 saturated heterocycles. The maximum Gasteiger partial charge on any atom is 0.250 e. The number of benzene rings is 1. The van der Waals surface area contributed by atoms with E-state index in [1.54, 1.807) is 16.8 Å². The summed E-state index contributed by atoms with van der Waals surface area (Å²) in [6, 6.07) is 12.6. The number of rotatable bonds is 6. The molecule has 0 N–H and O–H groups in total. The molecule has 1 heterocycles. The Hall–Kier alpha value is -2.23. The van der Waals surface area contributed by atoms with Gasteiger partial charge in [0.15, 0.2) is 11.5 Å². The van der Waals surface area contributed by atoms with Gasteiger partial charge in [0.25, 0.3) is 5.56 Å². The Kier molecular flexibility index (Phi) is 4.61. The molecular weight excluding hydrogens is 242 g/mol. The molecule has 0 unspecified atom stereocenters. The molecule has 2 rings (SSSR count). The number of pyridine rings is 1. The van der Waals surface area contributed by atoms with Gasteiger partial charge in [-0.1, -0.05) is 18.2 Å². The standard InChI is InChI=1S/C15H17NO3/c1-2-18-13-7-3-4-8-14(13)19-12-11-16-10-6-5-9-15(16)17/h3-10H,2,11-12H2,1H3. The van der Waals surface area contributed by atoms with Gasteiger partial charge >= 0.3 is 0 Å². The molecule has 0 saturated carbocycles. The smallest absolute Gasteiger partial charge is 0.250 e. The van der Waals surface area contributed by atoms with Crippen molar-refractivity contribution in [2.45, 2.75) is 13.5 Å². The van der Waals surface area contributed by atoms with Gasteiger partial charge in [-0.2, -0.15) is 0 Å². The third kappa shape index (κ3) is 3.61. The molecule has 2 aromatic rings. The molecule has 0 bridgehead atoms. The van der Waals surface area contributed by atoms with Gasteiger partial charge in [0.1, 0.15) is 6.61 Å². The van der Waals surface area contributed by atoms with Crippen LogP contribution in [-0.4, -0.2) is 17.8 Å². The number of ether oxygens (including phenoxy) is 2. The molecule has 0 aliphatic carbocycles. The summed E-state index contributed by atoms with van der Waals surface area (Å²) in [5, 5.41) is 0. The maximum absolute atomic E-state index is 11.5. The summed E-state index contributed by atoms with van der Waals surface area (Å²) >= 11 is 0. The first-order valence-corrected chi connectivity index (χ1v) is 6.31. The quantitative estimate of drug-likeness (QED) is 0.799. The van der Waals surface area contributed by atoms with Gasteiger partial charge < -0.3 is 14.0 Å². The second-order valence-electron chi connectivity index (χ2n) is 3.96. The number of para-hydroxylation sites is 2. The van der Waals surface area contributed by atoms with Gasteiger partial charge in [-0.15, -0.1) is 0 Å². The monoisotopic (exact) mass is 259 g/mol. The summed E-state index contributed by atoms with van der Waals surface area (Å²) in [6.07, 6.45) is 1.75. The molecule has 0 spiro atoms. The highest BCUT2D eigenvalue weighted by Gasteiger charge is 2.03. The lowest BCUT2D eigenvalue weighted by atomic mass is 10.3. The fourth-order valence-electron chi connectivity index (χ4n) is 1.74. The Morgan fingerprint density at radius 2 is 1.68 bits per heavy atom. The third-order valence-corrected chi connectivity index (χ3v) is 2.64. The summed E-state index contributed by atoms with van der Waals surface area (Å²) in [5.41, 5.74) is -0.0239. The van der Waals surface area contributed by atoms with E-state index in [4.69, 9.17) is 9.47 Å². The Morgan fingerprint density at radius 1 is 1.00 bits per heavy atom. The lowest BCUT2D eigenvalue weighted by molar-refractivity contribution is 0.265. The highest BCUT2D eigenvalue weighted by atomic mass is 16.5. The average Bonchev–Trinajstić information content (AvgIpc) is 2.43. The van der Waals surface area contributed by atoms with Crippen molar-refractivity contribution in [3.05, 3.63) is 59.0 Å². The number of aromatic nitrogens is 1. The Balaban J connectivity index is 1.96. The fourth-order valence-corrected chi connectivity index (χ4v) is 1.74. The van der Waals surface area contributed by atoms with Crippen molar-refractivity contribution >= 4 is 0 Å². The largest absolute Gasteiger partial charge is 0.490 e. The van der Waals surface area contributed by atoms with Crippen molar-refractivity contribution < 1.29 is 9.47 Å². The van der Waals surface area contributed by atoms with E-state index < -0.39 is 0 Å². The van der Waals surface area contributed by atoms with E-state index in [0.29, 0.717) is 25.5 Å². The van der Waals surface area contributed by atoms with E-state index in [9.17, 15) is 4.79 Å². The van der Waals surface area contributed by atoms with Crippen LogP contribution in [0.1, 0.15) is 6.92 Å². The second kappa shape index (κ2) is 6.64. The van der Waals surface area contributed by atoms with E-state index in [0.717, 1.165) is 5.75 Å². The van der Waals surface area contributed by atoms with Crippen LogP contribution in [0.3, 0.4) is 0 Å². The van der Waals surface area contributed by atoms with Gasteiger partial charge in [0.2, 0.25) is 0 Å². The molecule has 0 aliphatic heterocycles. The van der Waals surface area contributed by atoms with Gasteiger partial charge in [0, 0.05) is 12.3 Å². The van der Waals surface area contributed by atoms with E-state index in [1.165, 1.54) is 6.07 Å². The van der Waals surface area contributed by atoms with Crippen LogP contribution in [0.25, 0.3) is 0 Å². The SMILES string of the molecule is CCOc1ccccc1OCCn1ccccc1=O.